The molecule has 9 heteroatoms. The summed E-state index contributed by atoms with van der Waals surface area (Å²) in [6.45, 7) is 2.95. The number of esters is 1. The first-order valence-corrected chi connectivity index (χ1v) is 10.1. The quantitative estimate of drug-likeness (QED) is 0.608. The van der Waals surface area contributed by atoms with Crippen LogP contribution in [0.25, 0.3) is 0 Å². The van der Waals surface area contributed by atoms with Crippen molar-refractivity contribution in [1.82, 2.24) is 0 Å². The molecule has 0 aliphatic heterocycles. The molecule has 6 nitrogen and oxygen atoms in total. The standard InChI is InChI=1S/C20H20ClFN2O4S/c1-12-3-4-14(21)9-17(12)24-18(25)10-28-20(27)13(2)29-11-19(26)23-16-7-5-15(22)6-8-16/h3-9,13H,10-11H2,1-2H3,(H,23,26)(H,24,25). The van der Waals surface area contributed by atoms with E-state index in [2.05, 4.69) is 10.6 Å². The van der Waals surface area contributed by atoms with Crippen LogP contribution in [0.1, 0.15) is 12.5 Å². The lowest BCUT2D eigenvalue weighted by molar-refractivity contribution is -0.146. The van der Waals surface area contributed by atoms with Gasteiger partial charge in [-0.2, -0.15) is 0 Å². The third-order valence-electron chi connectivity index (χ3n) is 3.74. The Kier molecular flexibility index (Phi) is 8.48. The van der Waals surface area contributed by atoms with Gasteiger partial charge in [-0.05, 0) is 55.8 Å². The average Bonchev–Trinajstić information content (AvgIpc) is 2.68. The maximum atomic E-state index is 12.9. The van der Waals surface area contributed by atoms with Gasteiger partial charge in [-0.15, -0.1) is 11.8 Å². The Morgan fingerprint density at radius 2 is 1.79 bits per heavy atom. The molecule has 0 heterocycles. The van der Waals surface area contributed by atoms with Gasteiger partial charge < -0.3 is 15.4 Å². The van der Waals surface area contributed by atoms with Crippen molar-refractivity contribution in [2.75, 3.05) is 23.0 Å². The fraction of sp³-hybridized carbons (Fsp3) is 0.250. The number of hydrogen-bond donors (Lipinski definition) is 2. The lowest BCUT2D eigenvalue weighted by atomic mass is 10.2. The highest BCUT2D eigenvalue weighted by atomic mass is 35.5. The first-order valence-electron chi connectivity index (χ1n) is 8.64. The molecule has 0 saturated heterocycles. The van der Waals surface area contributed by atoms with Crippen molar-refractivity contribution >= 4 is 52.5 Å². The zero-order valence-electron chi connectivity index (χ0n) is 15.8. The van der Waals surface area contributed by atoms with Crippen molar-refractivity contribution in [2.45, 2.75) is 19.1 Å². The molecule has 1 unspecified atom stereocenters. The molecule has 0 bridgehead atoms. The van der Waals surface area contributed by atoms with Gasteiger partial charge in [0.15, 0.2) is 6.61 Å². The number of thioether (sulfide) groups is 1. The average molecular weight is 439 g/mol. The Morgan fingerprint density at radius 3 is 2.48 bits per heavy atom. The van der Waals surface area contributed by atoms with E-state index < -0.39 is 29.6 Å². The van der Waals surface area contributed by atoms with E-state index in [-0.39, 0.29) is 11.7 Å². The number of aryl methyl sites for hydroxylation is 1. The summed E-state index contributed by atoms with van der Waals surface area (Å²) in [5.41, 5.74) is 1.82. The number of rotatable bonds is 8. The summed E-state index contributed by atoms with van der Waals surface area (Å²) in [7, 11) is 0. The fourth-order valence-electron chi connectivity index (χ4n) is 2.17. The number of amides is 2. The second-order valence-electron chi connectivity index (χ2n) is 6.12. The highest BCUT2D eigenvalue weighted by molar-refractivity contribution is 8.01. The van der Waals surface area contributed by atoms with Crippen LogP contribution in [0.5, 0.6) is 0 Å². The second kappa shape index (κ2) is 10.8. The predicted molar refractivity (Wildman–Crippen MR) is 113 cm³/mol. The van der Waals surface area contributed by atoms with Gasteiger partial charge in [-0.3, -0.25) is 14.4 Å². The summed E-state index contributed by atoms with van der Waals surface area (Å²) in [6, 6.07) is 10.4. The third-order valence-corrected chi connectivity index (χ3v) is 5.10. The number of nitrogens with one attached hydrogen (secondary N) is 2. The molecular weight excluding hydrogens is 419 g/mol. The van der Waals surface area contributed by atoms with Crippen molar-refractivity contribution in [3.05, 3.63) is 58.9 Å². The number of hydrogen-bond acceptors (Lipinski definition) is 5. The minimum absolute atomic E-state index is 0.00154. The summed E-state index contributed by atoms with van der Waals surface area (Å²) in [6.07, 6.45) is 0. The van der Waals surface area contributed by atoms with Gasteiger partial charge in [0.2, 0.25) is 5.91 Å². The van der Waals surface area contributed by atoms with E-state index >= 15 is 0 Å². The molecular formula is C20H20ClFN2O4S. The summed E-state index contributed by atoms with van der Waals surface area (Å²) in [5, 5.41) is 5.06. The van der Waals surface area contributed by atoms with E-state index in [1.165, 1.54) is 24.3 Å². The minimum Gasteiger partial charge on any atom is -0.455 e. The fourth-order valence-corrected chi connectivity index (χ4v) is 3.02. The van der Waals surface area contributed by atoms with Crippen molar-refractivity contribution in [3.63, 3.8) is 0 Å². The number of halogens is 2. The van der Waals surface area contributed by atoms with E-state index in [0.29, 0.717) is 16.4 Å². The second-order valence-corrected chi connectivity index (χ2v) is 7.89. The van der Waals surface area contributed by atoms with Crippen LogP contribution in [-0.4, -0.2) is 35.4 Å². The monoisotopic (exact) mass is 438 g/mol. The van der Waals surface area contributed by atoms with Crippen molar-refractivity contribution < 1.29 is 23.5 Å². The summed E-state index contributed by atoms with van der Waals surface area (Å²) in [5.74, 6) is -1.84. The Bertz CT molecular complexity index is 893. The Balaban J connectivity index is 1.72. The van der Waals surface area contributed by atoms with Crippen molar-refractivity contribution in [2.24, 2.45) is 0 Å². The Labute approximate surface area is 177 Å². The highest BCUT2D eigenvalue weighted by Crippen LogP contribution is 2.20. The number of carbonyl (C=O) groups excluding carboxylic acids is 3. The van der Waals surface area contributed by atoms with E-state index in [0.717, 1.165) is 17.3 Å². The van der Waals surface area contributed by atoms with Crippen LogP contribution in [-0.2, 0) is 19.1 Å². The molecule has 2 amide bonds. The van der Waals surface area contributed by atoms with Crippen molar-refractivity contribution in [1.29, 1.82) is 0 Å². The smallest absolute Gasteiger partial charge is 0.319 e. The van der Waals surface area contributed by atoms with E-state index in [1.807, 2.05) is 6.92 Å². The van der Waals surface area contributed by atoms with Gasteiger partial charge in [0, 0.05) is 16.4 Å². The van der Waals surface area contributed by atoms with E-state index in [9.17, 15) is 18.8 Å². The van der Waals surface area contributed by atoms with Gasteiger partial charge in [0.25, 0.3) is 5.91 Å². The Morgan fingerprint density at radius 1 is 1.10 bits per heavy atom. The zero-order chi connectivity index (χ0) is 21.4. The SMILES string of the molecule is Cc1ccc(Cl)cc1NC(=O)COC(=O)C(C)SCC(=O)Nc1ccc(F)cc1. The summed E-state index contributed by atoms with van der Waals surface area (Å²) >= 11 is 6.96. The molecule has 0 aliphatic rings. The lowest BCUT2D eigenvalue weighted by Crippen LogP contribution is -2.26. The minimum atomic E-state index is -0.644. The molecule has 1 atom stereocenters. The molecule has 2 rings (SSSR count). The summed E-state index contributed by atoms with van der Waals surface area (Å²) in [4.78, 5) is 35.9. The van der Waals surface area contributed by atoms with Gasteiger partial charge >= 0.3 is 5.97 Å². The van der Waals surface area contributed by atoms with E-state index in [4.69, 9.17) is 16.3 Å². The van der Waals surface area contributed by atoms with Crippen LogP contribution in [0, 0.1) is 12.7 Å². The molecule has 0 spiro atoms. The molecule has 0 saturated carbocycles. The molecule has 2 N–H and O–H groups in total. The number of carbonyl (C=O) groups is 3. The third kappa shape index (κ3) is 7.75. The number of anilines is 2. The molecule has 0 aliphatic carbocycles. The van der Waals surface area contributed by atoms with Crippen molar-refractivity contribution in [3.8, 4) is 0 Å². The molecule has 0 fully saturated rings. The number of benzene rings is 2. The van der Waals surface area contributed by atoms with Crippen LogP contribution in [0.15, 0.2) is 42.5 Å². The van der Waals surface area contributed by atoms with E-state index in [1.54, 1.807) is 25.1 Å². The van der Waals surface area contributed by atoms with Gasteiger partial charge in [0.05, 0.1) is 5.75 Å². The zero-order valence-corrected chi connectivity index (χ0v) is 17.4. The van der Waals surface area contributed by atoms with Gasteiger partial charge in [0.1, 0.15) is 11.1 Å². The predicted octanol–water partition coefficient (Wildman–Crippen LogP) is 4.03. The van der Waals surface area contributed by atoms with Gasteiger partial charge in [-0.1, -0.05) is 17.7 Å². The molecule has 2 aromatic rings. The molecule has 29 heavy (non-hydrogen) atoms. The Hall–Kier alpha value is -2.58. The molecule has 2 aromatic carbocycles. The topological polar surface area (TPSA) is 84.5 Å². The van der Waals surface area contributed by atoms with Crippen LogP contribution in [0.3, 0.4) is 0 Å². The van der Waals surface area contributed by atoms with Crippen LogP contribution in [0.2, 0.25) is 5.02 Å². The molecule has 0 radical (unpaired) electrons. The first-order chi connectivity index (χ1) is 13.7. The van der Waals surface area contributed by atoms with Crippen LogP contribution < -0.4 is 10.6 Å². The first kappa shape index (κ1) is 22.7. The molecule has 0 aromatic heterocycles. The normalized spacial score (nSPS) is 11.4. The lowest BCUT2D eigenvalue weighted by Gasteiger charge is -2.12. The van der Waals surface area contributed by atoms with Gasteiger partial charge in [-0.25, -0.2) is 4.39 Å². The largest absolute Gasteiger partial charge is 0.455 e. The maximum Gasteiger partial charge on any atom is 0.319 e. The number of ether oxygens (including phenoxy) is 1. The van der Waals surface area contributed by atoms with Crippen LogP contribution in [0.4, 0.5) is 15.8 Å². The van der Waals surface area contributed by atoms with Crippen LogP contribution >= 0.6 is 23.4 Å². The highest BCUT2D eigenvalue weighted by Gasteiger charge is 2.18. The summed E-state index contributed by atoms with van der Waals surface area (Å²) < 4.78 is 17.8. The molecule has 154 valence electrons. The maximum absolute atomic E-state index is 12.9.